The van der Waals surface area contributed by atoms with E-state index in [0.717, 1.165) is 0 Å². The number of rotatable bonds is 3. The number of aliphatic hydroxyl groups is 1. The maximum Gasteiger partial charge on any atom is 0.197 e. The van der Waals surface area contributed by atoms with Crippen LogP contribution in [-0.2, 0) is 6.42 Å². The summed E-state index contributed by atoms with van der Waals surface area (Å²) in [6.07, 6.45) is 0.995. The van der Waals surface area contributed by atoms with Crippen molar-refractivity contribution in [2.75, 3.05) is 19.8 Å². The lowest BCUT2D eigenvalue weighted by molar-refractivity contribution is 0.163. The predicted octanol–water partition coefficient (Wildman–Crippen LogP) is 2.28. The van der Waals surface area contributed by atoms with Crippen molar-refractivity contribution < 1.29 is 19.0 Å². The summed E-state index contributed by atoms with van der Waals surface area (Å²) < 4.78 is 25.2. The SMILES string of the molecule is OCCCc1c(Br)cc2c(c1F)OCCO2. The Bertz CT molecular complexity index is 395. The first kappa shape index (κ1) is 11.7. The molecule has 0 unspecified atom stereocenters. The van der Waals surface area contributed by atoms with Crippen LogP contribution in [0.4, 0.5) is 4.39 Å². The molecule has 1 heterocycles. The molecule has 0 spiro atoms. The molecule has 0 atom stereocenters. The lowest BCUT2D eigenvalue weighted by atomic mass is 10.1. The average molecular weight is 291 g/mol. The normalized spacial score (nSPS) is 13.9. The minimum absolute atomic E-state index is 0.0420. The van der Waals surface area contributed by atoms with Crippen LogP contribution in [0, 0.1) is 5.82 Å². The maximum atomic E-state index is 14.0. The Morgan fingerprint density at radius 3 is 2.88 bits per heavy atom. The highest BCUT2D eigenvalue weighted by Crippen LogP contribution is 2.39. The van der Waals surface area contributed by atoms with Gasteiger partial charge in [-0.25, -0.2) is 4.39 Å². The molecular formula is C11H12BrFO3. The van der Waals surface area contributed by atoms with Crippen LogP contribution >= 0.6 is 15.9 Å². The van der Waals surface area contributed by atoms with Gasteiger partial charge in [-0.2, -0.15) is 0 Å². The number of fused-ring (bicyclic) bond motifs is 1. The quantitative estimate of drug-likeness (QED) is 0.928. The first-order valence-electron chi connectivity index (χ1n) is 5.11. The molecule has 0 aliphatic carbocycles. The molecule has 1 aromatic carbocycles. The van der Waals surface area contributed by atoms with Gasteiger partial charge in [0.15, 0.2) is 17.3 Å². The lowest BCUT2D eigenvalue weighted by Crippen LogP contribution is -2.17. The molecule has 3 nitrogen and oxygen atoms in total. The zero-order valence-corrected chi connectivity index (χ0v) is 10.2. The van der Waals surface area contributed by atoms with Gasteiger partial charge in [0.1, 0.15) is 13.2 Å². The minimum atomic E-state index is -0.391. The standard InChI is InChI=1S/C11H12BrFO3/c12-8-6-9-11(16-5-4-15-9)10(13)7(8)2-1-3-14/h6,14H,1-5H2. The third-order valence-corrected chi connectivity index (χ3v) is 3.11. The molecule has 0 fully saturated rings. The Morgan fingerprint density at radius 1 is 1.38 bits per heavy atom. The van der Waals surface area contributed by atoms with Crippen molar-refractivity contribution in [1.82, 2.24) is 0 Å². The highest BCUT2D eigenvalue weighted by molar-refractivity contribution is 9.10. The Kier molecular flexibility index (Phi) is 3.66. The number of aliphatic hydroxyl groups excluding tert-OH is 1. The Balaban J connectivity index is 2.37. The van der Waals surface area contributed by atoms with E-state index < -0.39 is 5.82 Å². The van der Waals surface area contributed by atoms with Crippen LogP contribution in [0.1, 0.15) is 12.0 Å². The van der Waals surface area contributed by atoms with E-state index in [1.165, 1.54) is 0 Å². The van der Waals surface area contributed by atoms with Crippen LogP contribution in [0.5, 0.6) is 11.5 Å². The molecule has 0 saturated heterocycles. The molecule has 2 rings (SSSR count). The molecule has 0 bridgehead atoms. The van der Waals surface area contributed by atoms with E-state index in [2.05, 4.69) is 15.9 Å². The van der Waals surface area contributed by atoms with Crippen LogP contribution in [-0.4, -0.2) is 24.9 Å². The van der Waals surface area contributed by atoms with Gasteiger partial charge in [0, 0.05) is 16.6 Å². The second kappa shape index (κ2) is 5.01. The molecule has 1 aliphatic rings. The van der Waals surface area contributed by atoms with E-state index >= 15 is 0 Å². The van der Waals surface area contributed by atoms with Crippen molar-refractivity contribution in [2.45, 2.75) is 12.8 Å². The fraction of sp³-hybridized carbons (Fsp3) is 0.455. The van der Waals surface area contributed by atoms with Gasteiger partial charge in [0.25, 0.3) is 0 Å². The Morgan fingerprint density at radius 2 is 2.12 bits per heavy atom. The van der Waals surface area contributed by atoms with E-state index in [-0.39, 0.29) is 12.4 Å². The van der Waals surface area contributed by atoms with Gasteiger partial charge in [-0.3, -0.25) is 0 Å². The number of halogens is 2. The topological polar surface area (TPSA) is 38.7 Å². The Hall–Kier alpha value is -0.810. The van der Waals surface area contributed by atoms with Crippen molar-refractivity contribution >= 4 is 15.9 Å². The summed E-state index contributed by atoms with van der Waals surface area (Å²) in [6.45, 7) is 0.847. The predicted molar refractivity (Wildman–Crippen MR) is 60.5 cm³/mol. The van der Waals surface area contributed by atoms with Crippen molar-refractivity contribution in [3.63, 3.8) is 0 Å². The summed E-state index contributed by atoms with van der Waals surface area (Å²) in [7, 11) is 0. The molecule has 1 N–H and O–H groups in total. The van der Waals surface area contributed by atoms with Gasteiger partial charge < -0.3 is 14.6 Å². The monoisotopic (exact) mass is 290 g/mol. The van der Waals surface area contributed by atoms with E-state index in [0.29, 0.717) is 41.8 Å². The van der Waals surface area contributed by atoms with Crippen LogP contribution in [0.3, 0.4) is 0 Å². The van der Waals surface area contributed by atoms with Gasteiger partial charge in [-0.05, 0) is 18.9 Å². The van der Waals surface area contributed by atoms with Crippen molar-refractivity contribution in [3.8, 4) is 11.5 Å². The molecule has 0 aromatic heterocycles. The zero-order valence-electron chi connectivity index (χ0n) is 8.63. The van der Waals surface area contributed by atoms with Crippen molar-refractivity contribution in [1.29, 1.82) is 0 Å². The molecular weight excluding hydrogens is 279 g/mol. The van der Waals surface area contributed by atoms with Crippen molar-refractivity contribution in [2.24, 2.45) is 0 Å². The van der Waals surface area contributed by atoms with Gasteiger partial charge in [0.2, 0.25) is 0 Å². The van der Waals surface area contributed by atoms with Crippen LogP contribution in [0.2, 0.25) is 0 Å². The largest absolute Gasteiger partial charge is 0.486 e. The fourth-order valence-corrected chi connectivity index (χ4v) is 2.22. The molecule has 1 aliphatic heterocycles. The van der Waals surface area contributed by atoms with Crippen LogP contribution in [0.15, 0.2) is 10.5 Å². The summed E-state index contributed by atoms with van der Waals surface area (Å²) in [5, 5.41) is 8.75. The number of benzene rings is 1. The van der Waals surface area contributed by atoms with E-state index in [1.54, 1.807) is 6.07 Å². The Labute approximate surface area is 101 Å². The summed E-state index contributed by atoms with van der Waals surface area (Å²) in [6, 6.07) is 1.71. The molecule has 1 aromatic rings. The summed E-state index contributed by atoms with van der Waals surface area (Å²) in [5.41, 5.74) is 0.526. The molecule has 5 heteroatoms. The second-order valence-corrected chi connectivity index (χ2v) is 4.36. The molecule has 16 heavy (non-hydrogen) atoms. The molecule has 88 valence electrons. The molecule has 0 saturated carbocycles. The van der Waals surface area contributed by atoms with Gasteiger partial charge >= 0.3 is 0 Å². The number of ether oxygens (including phenoxy) is 2. The molecule has 0 radical (unpaired) electrons. The van der Waals surface area contributed by atoms with E-state index in [1.807, 2.05) is 0 Å². The third kappa shape index (κ3) is 2.15. The smallest absolute Gasteiger partial charge is 0.197 e. The summed E-state index contributed by atoms with van der Waals surface area (Å²) in [4.78, 5) is 0. The first-order valence-corrected chi connectivity index (χ1v) is 5.90. The number of hydrogen-bond acceptors (Lipinski definition) is 3. The zero-order chi connectivity index (χ0) is 11.5. The maximum absolute atomic E-state index is 14.0. The molecule has 0 amide bonds. The number of hydrogen-bond donors (Lipinski definition) is 1. The van der Waals surface area contributed by atoms with Crippen molar-refractivity contribution in [3.05, 3.63) is 21.9 Å². The van der Waals surface area contributed by atoms with E-state index in [9.17, 15) is 4.39 Å². The minimum Gasteiger partial charge on any atom is -0.486 e. The lowest BCUT2D eigenvalue weighted by Gasteiger charge is -2.21. The second-order valence-electron chi connectivity index (χ2n) is 3.50. The third-order valence-electron chi connectivity index (χ3n) is 2.41. The highest BCUT2D eigenvalue weighted by atomic mass is 79.9. The van der Waals surface area contributed by atoms with E-state index in [4.69, 9.17) is 14.6 Å². The average Bonchev–Trinajstić information content (AvgIpc) is 2.29. The van der Waals surface area contributed by atoms with Crippen LogP contribution in [0.25, 0.3) is 0 Å². The highest BCUT2D eigenvalue weighted by Gasteiger charge is 2.21. The summed E-state index contributed by atoms with van der Waals surface area (Å²) in [5.74, 6) is 0.225. The van der Waals surface area contributed by atoms with Gasteiger partial charge in [-0.1, -0.05) is 15.9 Å². The van der Waals surface area contributed by atoms with Gasteiger partial charge in [0.05, 0.1) is 0 Å². The van der Waals surface area contributed by atoms with Gasteiger partial charge in [-0.15, -0.1) is 0 Å². The summed E-state index contributed by atoms with van der Waals surface area (Å²) >= 11 is 3.30. The fourth-order valence-electron chi connectivity index (χ4n) is 1.64. The van der Waals surface area contributed by atoms with Crippen LogP contribution < -0.4 is 9.47 Å². The first-order chi connectivity index (χ1) is 7.74.